The molecule has 0 saturated carbocycles. The van der Waals surface area contributed by atoms with Crippen LogP contribution in [0.15, 0.2) is 24.3 Å². The van der Waals surface area contributed by atoms with Gasteiger partial charge in [0.15, 0.2) is 0 Å². The van der Waals surface area contributed by atoms with E-state index in [1.165, 1.54) is 0 Å². The van der Waals surface area contributed by atoms with Gasteiger partial charge in [0.1, 0.15) is 0 Å². The monoisotopic (exact) mass is 325 g/mol. The first kappa shape index (κ1) is 16.4. The van der Waals surface area contributed by atoms with Gasteiger partial charge < -0.3 is 9.64 Å². The summed E-state index contributed by atoms with van der Waals surface area (Å²) in [6.45, 7) is 3.11. The molecule has 1 aromatic carbocycles. The van der Waals surface area contributed by atoms with Gasteiger partial charge in [0.2, 0.25) is 5.91 Å². The second-order valence-corrected chi connectivity index (χ2v) is 5.55. The molecule has 2 rings (SSSR count). The predicted octanol–water partition coefficient (Wildman–Crippen LogP) is 2.65. The molecule has 6 nitrogen and oxygen atoms in total. The van der Waals surface area contributed by atoms with Crippen molar-refractivity contribution in [2.75, 3.05) is 25.1 Å². The summed E-state index contributed by atoms with van der Waals surface area (Å²) in [5.41, 5.74) is 6.20. The fraction of sp³-hybridized carbons (Fsp3) is 0.467. The van der Waals surface area contributed by atoms with Gasteiger partial charge in [-0.1, -0.05) is 17.7 Å². The van der Waals surface area contributed by atoms with Gasteiger partial charge in [0.25, 0.3) is 0 Å². The molecule has 0 unspecified atom stereocenters. The third-order valence-corrected chi connectivity index (χ3v) is 3.71. The molecule has 0 aromatic heterocycles. The summed E-state index contributed by atoms with van der Waals surface area (Å²) in [4.78, 5) is 25.5. The van der Waals surface area contributed by atoms with Crippen molar-refractivity contribution in [2.24, 2.45) is 5.92 Å². The van der Waals surface area contributed by atoms with E-state index in [0.717, 1.165) is 12.8 Å². The van der Waals surface area contributed by atoms with E-state index >= 15 is 0 Å². The topological polar surface area (TPSA) is 70.7 Å². The van der Waals surface area contributed by atoms with Gasteiger partial charge in [0, 0.05) is 18.1 Å². The number of nitrogens with zero attached hydrogens (tertiary/aromatic N) is 1. The fourth-order valence-corrected chi connectivity index (χ4v) is 2.56. The number of likely N-dealkylation sites (tertiary alicyclic amines) is 1. The lowest BCUT2D eigenvalue weighted by Gasteiger charge is -2.31. The molecule has 120 valence electrons. The van der Waals surface area contributed by atoms with Crippen molar-refractivity contribution in [2.45, 2.75) is 19.8 Å². The molecular weight excluding hydrogens is 306 g/mol. The van der Waals surface area contributed by atoms with Gasteiger partial charge in [0.05, 0.1) is 18.2 Å². The van der Waals surface area contributed by atoms with E-state index in [4.69, 9.17) is 16.3 Å². The Morgan fingerprint density at radius 1 is 1.45 bits per heavy atom. The zero-order valence-electron chi connectivity index (χ0n) is 12.5. The normalized spacial score (nSPS) is 17.7. The molecule has 0 spiro atoms. The number of benzene rings is 1. The van der Waals surface area contributed by atoms with E-state index in [2.05, 4.69) is 10.9 Å². The minimum atomic E-state index is -0.359. The summed E-state index contributed by atoms with van der Waals surface area (Å²) < 4.78 is 4.98. The molecule has 0 radical (unpaired) electrons. The van der Waals surface area contributed by atoms with Crippen LogP contribution in [0.4, 0.5) is 10.5 Å². The first-order valence-electron chi connectivity index (χ1n) is 7.33. The van der Waals surface area contributed by atoms with Gasteiger partial charge >= 0.3 is 6.09 Å². The molecule has 2 N–H and O–H groups in total. The highest BCUT2D eigenvalue weighted by Gasteiger charge is 2.29. The van der Waals surface area contributed by atoms with Crippen LogP contribution in [0.5, 0.6) is 0 Å². The van der Waals surface area contributed by atoms with Crippen molar-refractivity contribution in [1.82, 2.24) is 10.3 Å². The minimum Gasteiger partial charge on any atom is -0.450 e. The first-order valence-corrected chi connectivity index (χ1v) is 7.71. The molecule has 0 aliphatic carbocycles. The maximum Gasteiger partial charge on any atom is 0.409 e. The van der Waals surface area contributed by atoms with E-state index in [9.17, 15) is 9.59 Å². The van der Waals surface area contributed by atoms with Crippen LogP contribution in [0.2, 0.25) is 5.02 Å². The Hall–Kier alpha value is -1.95. The molecule has 0 bridgehead atoms. The molecule has 1 aromatic rings. The van der Waals surface area contributed by atoms with Crippen LogP contribution in [0.1, 0.15) is 19.8 Å². The minimum absolute atomic E-state index is 0.144. The average molecular weight is 326 g/mol. The van der Waals surface area contributed by atoms with E-state index in [1.54, 1.807) is 36.1 Å². The summed E-state index contributed by atoms with van der Waals surface area (Å²) in [6.07, 6.45) is 1.18. The van der Waals surface area contributed by atoms with E-state index in [1.807, 2.05) is 0 Å². The van der Waals surface area contributed by atoms with E-state index in [0.29, 0.717) is 30.4 Å². The Labute approximate surface area is 134 Å². The number of hydrazine groups is 1. The molecule has 7 heteroatoms. The lowest BCUT2D eigenvalue weighted by atomic mass is 9.98. The maximum absolute atomic E-state index is 12.2. The van der Waals surface area contributed by atoms with Crippen LogP contribution >= 0.6 is 11.6 Å². The number of amides is 2. The Morgan fingerprint density at radius 2 is 2.27 bits per heavy atom. The molecular formula is C15H20ClN3O3. The van der Waals surface area contributed by atoms with Gasteiger partial charge in [-0.25, -0.2) is 4.79 Å². The van der Waals surface area contributed by atoms with E-state index < -0.39 is 0 Å². The lowest BCUT2D eigenvalue weighted by Crippen LogP contribution is -2.46. The first-order chi connectivity index (χ1) is 10.6. The lowest BCUT2D eigenvalue weighted by molar-refractivity contribution is -0.125. The highest BCUT2D eigenvalue weighted by Crippen LogP contribution is 2.18. The Bertz CT molecular complexity index is 539. The summed E-state index contributed by atoms with van der Waals surface area (Å²) in [5, 5.41) is 0.588. The number of nitrogens with one attached hydrogen (secondary N) is 2. The maximum atomic E-state index is 12.2. The SMILES string of the molecule is CCOC(=O)N1CCC[C@@H](C(=O)NNc2cccc(Cl)c2)C1. The van der Waals surface area contributed by atoms with Crippen LogP contribution in [0.3, 0.4) is 0 Å². The number of hydrogen-bond acceptors (Lipinski definition) is 4. The molecule has 1 fully saturated rings. The van der Waals surface area contributed by atoms with Crippen LogP contribution < -0.4 is 10.9 Å². The molecule has 1 atom stereocenters. The van der Waals surface area contributed by atoms with Crippen molar-refractivity contribution in [3.05, 3.63) is 29.3 Å². The number of hydrogen-bond donors (Lipinski definition) is 2. The molecule has 1 heterocycles. The number of ether oxygens (including phenoxy) is 1. The van der Waals surface area contributed by atoms with Crippen molar-refractivity contribution in [3.63, 3.8) is 0 Å². The quantitative estimate of drug-likeness (QED) is 0.835. The Kier molecular flexibility index (Phi) is 5.89. The van der Waals surface area contributed by atoms with Crippen molar-refractivity contribution >= 4 is 29.3 Å². The standard InChI is InChI=1S/C15H20ClN3O3/c1-2-22-15(21)19-8-4-5-11(10-19)14(20)18-17-13-7-3-6-12(16)9-13/h3,6-7,9,11,17H,2,4-5,8,10H2,1H3,(H,18,20)/t11-/m1/s1. The van der Waals surface area contributed by atoms with Crippen molar-refractivity contribution in [3.8, 4) is 0 Å². The third kappa shape index (κ3) is 4.53. The number of rotatable bonds is 4. The number of anilines is 1. The highest BCUT2D eigenvalue weighted by molar-refractivity contribution is 6.30. The third-order valence-electron chi connectivity index (χ3n) is 3.47. The number of piperidine rings is 1. The molecule has 1 aliphatic rings. The molecule has 2 amide bonds. The van der Waals surface area contributed by atoms with Gasteiger partial charge in [-0.2, -0.15) is 0 Å². The van der Waals surface area contributed by atoms with Crippen LogP contribution in [0, 0.1) is 5.92 Å². The van der Waals surface area contributed by atoms with Crippen molar-refractivity contribution in [1.29, 1.82) is 0 Å². The second kappa shape index (κ2) is 7.89. The smallest absolute Gasteiger partial charge is 0.409 e. The highest BCUT2D eigenvalue weighted by atomic mass is 35.5. The molecule has 1 aliphatic heterocycles. The number of carbonyl (C=O) groups excluding carboxylic acids is 2. The number of carbonyl (C=O) groups is 2. The van der Waals surface area contributed by atoms with Crippen LogP contribution in [-0.2, 0) is 9.53 Å². The van der Waals surface area contributed by atoms with E-state index in [-0.39, 0.29) is 17.9 Å². The fourth-order valence-electron chi connectivity index (χ4n) is 2.37. The van der Waals surface area contributed by atoms with Gasteiger partial charge in [-0.3, -0.25) is 15.6 Å². The van der Waals surface area contributed by atoms with Crippen LogP contribution in [0.25, 0.3) is 0 Å². The largest absolute Gasteiger partial charge is 0.450 e. The van der Waals surface area contributed by atoms with Gasteiger partial charge in [-0.15, -0.1) is 0 Å². The summed E-state index contributed by atoms with van der Waals surface area (Å²) in [5.74, 6) is -0.390. The number of halogens is 1. The zero-order valence-corrected chi connectivity index (χ0v) is 13.2. The van der Waals surface area contributed by atoms with Crippen molar-refractivity contribution < 1.29 is 14.3 Å². The molecule has 22 heavy (non-hydrogen) atoms. The summed E-state index contributed by atoms with van der Waals surface area (Å²) in [7, 11) is 0. The van der Waals surface area contributed by atoms with Gasteiger partial charge in [-0.05, 0) is 38.0 Å². The predicted molar refractivity (Wildman–Crippen MR) is 84.5 cm³/mol. The zero-order chi connectivity index (χ0) is 15.9. The Morgan fingerprint density at radius 3 is 3.00 bits per heavy atom. The summed E-state index contributed by atoms with van der Waals surface area (Å²) >= 11 is 5.88. The molecule has 1 saturated heterocycles. The average Bonchev–Trinajstić information content (AvgIpc) is 2.53. The Balaban J connectivity index is 1.85. The second-order valence-electron chi connectivity index (χ2n) is 5.11. The van der Waals surface area contributed by atoms with Crippen LogP contribution in [-0.4, -0.2) is 36.6 Å². The summed E-state index contributed by atoms with van der Waals surface area (Å²) in [6, 6.07) is 7.07.